The predicted molar refractivity (Wildman–Crippen MR) is 60.0 cm³/mol. The van der Waals surface area contributed by atoms with E-state index in [-0.39, 0.29) is 11.3 Å². The summed E-state index contributed by atoms with van der Waals surface area (Å²) in [6.07, 6.45) is -3.19. The summed E-state index contributed by atoms with van der Waals surface area (Å²) in [6, 6.07) is 4.87. The number of rotatable bonds is 1. The molecule has 0 unspecified atom stereocenters. The van der Waals surface area contributed by atoms with Crippen molar-refractivity contribution < 1.29 is 13.2 Å². The first-order valence-corrected chi connectivity index (χ1v) is 5.12. The van der Waals surface area contributed by atoms with Crippen LogP contribution < -0.4 is 5.56 Å². The molecule has 18 heavy (non-hydrogen) atoms. The zero-order valence-electron chi connectivity index (χ0n) is 9.38. The number of alkyl halides is 3. The summed E-state index contributed by atoms with van der Waals surface area (Å²) in [7, 11) is 0. The molecule has 0 aliphatic heterocycles. The lowest BCUT2D eigenvalue weighted by molar-refractivity contribution is -0.137. The number of halogens is 3. The van der Waals surface area contributed by atoms with Gasteiger partial charge in [-0.3, -0.25) is 4.79 Å². The summed E-state index contributed by atoms with van der Waals surface area (Å²) in [5, 5.41) is 0. The second kappa shape index (κ2) is 4.29. The van der Waals surface area contributed by atoms with Crippen LogP contribution in [0.4, 0.5) is 13.2 Å². The number of nitrogens with zero attached hydrogens (tertiary/aromatic N) is 1. The van der Waals surface area contributed by atoms with E-state index in [4.69, 9.17) is 0 Å². The molecule has 1 aromatic heterocycles. The number of hydrogen-bond donors (Lipinski definition) is 1. The van der Waals surface area contributed by atoms with Gasteiger partial charge in [0.1, 0.15) is 5.69 Å². The zero-order chi connectivity index (χ0) is 13.3. The summed E-state index contributed by atoms with van der Waals surface area (Å²) in [4.78, 5) is 17.8. The van der Waals surface area contributed by atoms with Crippen molar-refractivity contribution in [2.24, 2.45) is 0 Å². The Morgan fingerprint density at radius 3 is 2.50 bits per heavy atom. The van der Waals surface area contributed by atoms with E-state index >= 15 is 0 Å². The summed E-state index contributed by atoms with van der Waals surface area (Å²) >= 11 is 0. The predicted octanol–water partition coefficient (Wildman–Crippen LogP) is 2.76. The van der Waals surface area contributed by atoms with Gasteiger partial charge in [0.25, 0.3) is 5.56 Å². The molecule has 1 aromatic carbocycles. The summed E-state index contributed by atoms with van der Waals surface area (Å²) in [5.41, 5.74) is -1.45. The van der Waals surface area contributed by atoms with Gasteiger partial charge in [-0.1, -0.05) is 18.2 Å². The fourth-order valence-corrected chi connectivity index (χ4v) is 1.62. The van der Waals surface area contributed by atoms with Gasteiger partial charge in [-0.25, -0.2) is 4.98 Å². The van der Waals surface area contributed by atoms with E-state index in [1.54, 1.807) is 6.92 Å². The molecular weight excluding hydrogens is 245 g/mol. The van der Waals surface area contributed by atoms with Crippen molar-refractivity contribution in [3.63, 3.8) is 0 Å². The van der Waals surface area contributed by atoms with Crippen LogP contribution in [-0.4, -0.2) is 9.97 Å². The van der Waals surface area contributed by atoms with Gasteiger partial charge in [-0.05, 0) is 13.0 Å². The lowest BCUT2D eigenvalue weighted by atomic mass is 10.0. The van der Waals surface area contributed by atoms with Gasteiger partial charge >= 0.3 is 6.18 Å². The van der Waals surface area contributed by atoms with Crippen molar-refractivity contribution in [1.29, 1.82) is 0 Å². The number of hydrogen-bond acceptors (Lipinski definition) is 2. The molecule has 1 heterocycles. The van der Waals surface area contributed by atoms with Crippen molar-refractivity contribution in [2.45, 2.75) is 13.1 Å². The van der Waals surface area contributed by atoms with Gasteiger partial charge in [-0.15, -0.1) is 0 Å². The van der Waals surface area contributed by atoms with E-state index in [1.807, 2.05) is 0 Å². The molecular formula is C12H9F3N2O. The lowest BCUT2D eigenvalue weighted by Crippen LogP contribution is -2.15. The Morgan fingerprint density at radius 2 is 1.89 bits per heavy atom. The Morgan fingerprint density at radius 1 is 1.22 bits per heavy atom. The smallest absolute Gasteiger partial charge is 0.323 e. The Bertz CT molecular complexity index is 632. The number of aryl methyl sites for hydroxylation is 1. The number of aromatic nitrogens is 2. The molecule has 2 aromatic rings. The van der Waals surface area contributed by atoms with Crippen molar-refractivity contribution >= 4 is 0 Å². The van der Waals surface area contributed by atoms with Crippen LogP contribution in [0.5, 0.6) is 0 Å². The van der Waals surface area contributed by atoms with Gasteiger partial charge in [0.05, 0.1) is 5.56 Å². The molecule has 1 N–H and O–H groups in total. The van der Waals surface area contributed by atoms with Crippen molar-refractivity contribution in [1.82, 2.24) is 9.97 Å². The maximum absolute atomic E-state index is 12.8. The lowest BCUT2D eigenvalue weighted by Gasteiger charge is -2.11. The van der Waals surface area contributed by atoms with E-state index in [0.717, 1.165) is 6.07 Å². The van der Waals surface area contributed by atoms with E-state index < -0.39 is 17.3 Å². The van der Waals surface area contributed by atoms with Crippen LogP contribution in [0.2, 0.25) is 0 Å². The summed E-state index contributed by atoms with van der Waals surface area (Å²) in [5.74, 6) is 0. The minimum absolute atomic E-state index is 0.216. The first kappa shape index (κ1) is 12.3. The molecule has 6 heteroatoms. The van der Waals surface area contributed by atoms with Gasteiger partial charge in [0, 0.05) is 17.5 Å². The van der Waals surface area contributed by atoms with Gasteiger partial charge in [0.15, 0.2) is 0 Å². The second-order valence-electron chi connectivity index (χ2n) is 3.79. The van der Waals surface area contributed by atoms with Crippen LogP contribution in [0.3, 0.4) is 0 Å². The largest absolute Gasteiger partial charge is 0.417 e. The highest BCUT2D eigenvalue weighted by molar-refractivity contribution is 5.63. The fourth-order valence-electron chi connectivity index (χ4n) is 1.62. The van der Waals surface area contributed by atoms with Crippen LogP contribution in [0.25, 0.3) is 11.3 Å². The molecule has 3 nitrogen and oxygen atoms in total. The minimum atomic E-state index is -4.52. The molecule has 0 saturated carbocycles. The van der Waals surface area contributed by atoms with E-state index in [9.17, 15) is 18.0 Å². The normalized spacial score (nSPS) is 11.6. The van der Waals surface area contributed by atoms with E-state index in [2.05, 4.69) is 9.97 Å². The molecule has 0 saturated heterocycles. The topological polar surface area (TPSA) is 45.8 Å². The molecule has 0 atom stereocenters. The van der Waals surface area contributed by atoms with Crippen LogP contribution in [0.15, 0.2) is 35.3 Å². The summed E-state index contributed by atoms with van der Waals surface area (Å²) in [6.45, 7) is 1.61. The maximum atomic E-state index is 12.8. The third-order valence-electron chi connectivity index (χ3n) is 2.40. The molecule has 0 radical (unpaired) electrons. The van der Waals surface area contributed by atoms with Crippen LogP contribution >= 0.6 is 0 Å². The standard InChI is InChI=1S/C12H9F3N2O/c1-7-6-16-10(11(18)17-7)8-4-2-3-5-9(8)12(13,14)15/h2-6H,1H3,(H,17,18). The van der Waals surface area contributed by atoms with Crippen LogP contribution in [0, 0.1) is 6.92 Å². The maximum Gasteiger partial charge on any atom is 0.417 e. The number of nitrogens with one attached hydrogen (secondary N) is 1. The minimum Gasteiger partial charge on any atom is -0.323 e. The highest BCUT2D eigenvalue weighted by Crippen LogP contribution is 2.35. The Hall–Kier alpha value is -2.11. The molecule has 0 fully saturated rings. The van der Waals surface area contributed by atoms with Crippen LogP contribution in [0.1, 0.15) is 11.3 Å². The average molecular weight is 254 g/mol. The first-order chi connectivity index (χ1) is 8.39. The number of benzene rings is 1. The quantitative estimate of drug-likeness (QED) is 0.850. The Kier molecular flexibility index (Phi) is 2.94. The molecule has 0 amide bonds. The first-order valence-electron chi connectivity index (χ1n) is 5.12. The van der Waals surface area contributed by atoms with E-state index in [1.165, 1.54) is 24.4 Å². The average Bonchev–Trinajstić information content (AvgIpc) is 2.28. The number of H-pyrrole nitrogens is 1. The zero-order valence-corrected chi connectivity index (χ0v) is 9.38. The SMILES string of the molecule is Cc1cnc(-c2ccccc2C(F)(F)F)c(=O)[nH]1. The number of aromatic amines is 1. The Labute approximate surface area is 100 Å². The molecule has 0 spiro atoms. The molecule has 2 rings (SSSR count). The van der Waals surface area contributed by atoms with Crippen molar-refractivity contribution in [3.05, 3.63) is 52.1 Å². The van der Waals surface area contributed by atoms with Crippen LogP contribution in [-0.2, 0) is 6.18 Å². The fraction of sp³-hybridized carbons (Fsp3) is 0.167. The van der Waals surface area contributed by atoms with E-state index in [0.29, 0.717) is 5.69 Å². The third-order valence-corrected chi connectivity index (χ3v) is 2.40. The highest BCUT2D eigenvalue weighted by Gasteiger charge is 2.34. The second-order valence-corrected chi connectivity index (χ2v) is 3.79. The third kappa shape index (κ3) is 2.27. The Balaban J connectivity index is 2.69. The molecule has 0 bridgehead atoms. The summed E-state index contributed by atoms with van der Waals surface area (Å²) < 4.78 is 38.4. The highest BCUT2D eigenvalue weighted by atomic mass is 19.4. The van der Waals surface area contributed by atoms with Gasteiger partial charge in [-0.2, -0.15) is 13.2 Å². The van der Waals surface area contributed by atoms with Gasteiger partial charge < -0.3 is 4.98 Å². The molecule has 94 valence electrons. The van der Waals surface area contributed by atoms with Crippen molar-refractivity contribution in [3.8, 4) is 11.3 Å². The monoisotopic (exact) mass is 254 g/mol. The molecule has 0 aliphatic carbocycles. The molecule has 0 aliphatic rings. The van der Waals surface area contributed by atoms with Gasteiger partial charge in [0.2, 0.25) is 0 Å². The van der Waals surface area contributed by atoms with Crippen molar-refractivity contribution in [2.75, 3.05) is 0 Å².